The Kier molecular flexibility index (Phi) is 4.11. The van der Waals surface area contributed by atoms with Crippen molar-refractivity contribution in [3.8, 4) is 0 Å². The summed E-state index contributed by atoms with van der Waals surface area (Å²) in [5.74, 6) is -1.31. The van der Waals surface area contributed by atoms with Gasteiger partial charge in [-0.15, -0.1) is 0 Å². The van der Waals surface area contributed by atoms with E-state index in [0.29, 0.717) is 16.7 Å². The lowest BCUT2D eigenvalue weighted by Gasteiger charge is -2.23. The van der Waals surface area contributed by atoms with Gasteiger partial charge in [-0.25, -0.2) is 4.79 Å². The molecule has 4 nitrogen and oxygen atoms in total. The lowest BCUT2D eigenvalue weighted by Crippen LogP contribution is -2.34. The lowest BCUT2D eigenvalue weighted by molar-refractivity contribution is 0.0673. The third kappa shape index (κ3) is 2.53. The normalized spacial score (nSPS) is 10.6. The summed E-state index contributed by atoms with van der Waals surface area (Å²) in [6, 6.07) is 3.53. The van der Waals surface area contributed by atoms with Gasteiger partial charge in [-0.1, -0.05) is 12.1 Å². The van der Waals surface area contributed by atoms with Crippen LogP contribution in [0.5, 0.6) is 0 Å². The number of carboxylic acids is 1. The molecule has 18 heavy (non-hydrogen) atoms. The zero-order valence-corrected chi connectivity index (χ0v) is 11.4. The zero-order chi connectivity index (χ0) is 14.0. The number of carbonyl (C=O) groups is 2. The van der Waals surface area contributed by atoms with Crippen LogP contribution < -0.4 is 0 Å². The number of carboxylic acid groups (broad SMARTS) is 1. The SMILES string of the molecule is Cc1ccc(C)c(C(=O)N(C)C(C)C)c1C(=O)O. The van der Waals surface area contributed by atoms with E-state index in [0.717, 1.165) is 0 Å². The Labute approximate surface area is 107 Å². The second-order valence-electron chi connectivity index (χ2n) is 4.76. The first kappa shape index (κ1) is 14.2. The number of nitrogens with zero attached hydrogens (tertiary/aromatic N) is 1. The van der Waals surface area contributed by atoms with E-state index in [1.807, 2.05) is 13.8 Å². The molecule has 0 spiro atoms. The number of aromatic carboxylic acids is 1. The van der Waals surface area contributed by atoms with Crippen molar-refractivity contribution >= 4 is 11.9 Å². The molecular formula is C14H19NO3. The molecule has 1 aromatic carbocycles. The van der Waals surface area contributed by atoms with Crippen LogP contribution in [-0.2, 0) is 0 Å². The fourth-order valence-corrected chi connectivity index (χ4v) is 1.77. The van der Waals surface area contributed by atoms with Crippen molar-refractivity contribution in [1.29, 1.82) is 0 Å². The Hall–Kier alpha value is -1.84. The number of amides is 1. The quantitative estimate of drug-likeness (QED) is 0.895. The minimum absolute atomic E-state index is 0.0269. The molecule has 0 fully saturated rings. The summed E-state index contributed by atoms with van der Waals surface area (Å²) in [6.07, 6.45) is 0. The first-order chi connectivity index (χ1) is 8.27. The molecule has 0 saturated heterocycles. The van der Waals surface area contributed by atoms with Crippen LogP contribution in [0.3, 0.4) is 0 Å². The molecule has 0 aromatic heterocycles. The van der Waals surface area contributed by atoms with Crippen molar-refractivity contribution in [2.24, 2.45) is 0 Å². The molecule has 0 atom stereocenters. The van der Waals surface area contributed by atoms with Crippen molar-refractivity contribution in [3.05, 3.63) is 34.4 Å². The van der Waals surface area contributed by atoms with Gasteiger partial charge in [0.1, 0.15) is 0 Å². The average Bonchev–Trinajstić information content (AvgIpc) is 2.29. The van der Waals surface area contributed by atoms with Gasteiger partial charge in [0.15, 0.2) is 0 Å². The number of hydrogen-bond acceptors (Lipinski definition) is 2. The Balaban J connectivity index is 3.44. The van der Waals surface area contributed by atoms with Gasteiger partial charge in [-0.3, -0.25) is 4.79 Å². The molecule has 0 bridgehead atoms. The second kappa shape index (κ2) is 5.21. The minimum Gasteiger partial charge on any atom is -0.478 e. The highest BCUT2D eigenvalue weighted by atomic mass is 16.4. The van der Waals surface area contributed by atoms with E-state index in [1.165, 1.54) is 0 Å². The summed E-state index contributed by atoms with van der Waals surface area (Å²) < 4.78 is 0. The van der Waals surface area contributed by atoms with Gasteiger partial charge in [-0.05, 0) is 38.8 Å². The predicted octanol–water partition coefficient (Wildman–Crippen LogP) is 2.48. The van der Waals surface area contributed by atoms with Crippen molar-refractivity contribution in [2.75, 3.05) is 7.05 Å². The van der Waals surface area contributed by atoms with Gasteiger partial charge in [0.05, 0.1) is 11.1 Å². The number of carbonyl (C=O) groups excluding carboxylic acids is 1. The molecule has 0 unspecified atom stereocenters. The van der Waals surface area contributed by atoms with Crippen LogP contribution in [0, 0.1) is 13.8 Å². The first-order valence-electron chi connectivity index (χ1n) is 5.88. The molecule has 0 saturated carbocycles. The van der Waals surface area contributed by atoms with Gasteiger partial charge in [0.25, 0.3) is 5.91 Å². The smallest absolute Gasteiger partial charge is 0.336 e. The summed E-state index contributed by atoms with van der Waals surface area (Å²) in [7, 11) is 1.68. The molecule has 1 N–H and O–H groups in total. The summed E-state index contributed by atoms with van der Waals surface area (Å²) in [4.78, 5) is 25.2. The van der Waals surface area contributed by atoms with Crippen molar-refractivity contribution < 1.29 is 14.7 Å². The molecule has 0 aliphatic rings. The van der Waals surface area contributed by atoms with Crippen molar-refractivity contribution in [3.63, 3.8) is 0 Å². The van der Waals surface area contributed by atoms with E-state index in [-0.39, 0.29) is 17.5 Å². The van der Waals surface area contributed by atoms with Gasteiger partial charge >= 0.3 is 5.97 Å². The van der Waals surface area contributed by atoms with E-state index < -0.39 is 5.97 Å². The lowest BCUT2D eigenvalue weighted by atomic mass is 9.96. The Bertz CT molecular complexity index is 492. The van der Waals surface area contributed by atoms with Crippen molar-refractivity contribution in [2.45, 2.75) is 33.7 Å². The van der Waals surface area contributed by atoms with Crippen LogP contribution in [0.1, 0.15) is 45.7 Å². The minimum atomic E-state index is -1.06. The largest absolute Gasteiger partial charge is 0.478 e. The summed E-state index contributed by atoms with van der Waals surface area (Å²) >= 11 is 0. The summed E-state index contributed by atoms with van der Waals surface area (Å²) in [5, 5.41) is 9.27. The fraction of sp³-hybridized carbons (Fsp3) is 0.429. The number of hydrogen-bond donors (Lipinski definition) is 1. The van der Waals surface area contributed by atoms with Crippen LogP contribution in [0.25, 0.3) is 0 Å². The number of aryl methyl sites for hydroxylation is 2. The fourth-order valence-electron chi connectivity index (χ4n) is 1.77. The molecule has 1 amide bonds. The maximum absolute atomic E-state index is 12.3. The van der Waals surface area contributed by atoms with Gasteiger partial charge in [-0.2, -0.15) is 0 Å². The van der Waals surface area contributed by atoms with Gasteiger partial charge < -0.3 is 10.0 Å². The standard InChI is InChI=1S/C14H19NO3/c1-8(2)15(5)13(16)11-9(3)6-7-10(4)12(11)14(17)18/h6-8H,1-5H3,(H,17,18). The molecule has 0 radical (unpaired) electrons. The summed E-state index contributed by atoms with van der Waals surface area (Å²) in [6.45, 7) is 7.25. The highest BCUT2D eigenvalue weighted by Crippen LogP contribution is 2.21. The zero-order valence-electron chi connectivity index (χ0n) is 11.4. The van der Waals surface area contributed by atoms with Crippen LogP contribution in [0.2, 0.25) is 0 Å². The van der Waals surface area contributed by atoms with Gasteiger partial charge in [0, 0.05) is 13.1 Å². The van der Waals surface area contributed by atoms with Gasteiger partial charge in [0.2, 0.25) is 0 Å². The van der Waals surface area contributed by atoms with E-state index in [4.69, 9.17) is 0 Å². The van der Waals surface area contributed by atoms with Crippen molar-refractivity contribution in [1.82, 2.24) is 4.90 Å². The Morgan fingerprint density at radius 1 is 1.11 bits per heavy atom. The van der Waals surface area contributed by atoms with E-state index >= 15 is 0 Å². The third-order valence-electron chi connectivity index (χ3n) is 3.14. The average molecular weight is 249 g/mol. The maximum Gasteiger partial charge on any atom is 0.336 e. The topological polar surface area (TPSA) is 57.6 Å². The van der Waals surface area contributed by atoms with E-state index in [2.05, 4.69) is 0 Å². The van der Waals surface area contributed by atoms with Crippen LogP contribution in [-0.4, -0.2) is 35.0 Å². The maximum atomic E-state index is 12.3. The van der Waals surface area contributed by atoms with Crippen LogP contribution in [0.15, 0.2) is 12.1 Å². The number of rotatable bonds is 3. The van der Waals surface area contributed by atoms with Crippen LogP contribution >= 0.6 is 0 Å². The molecule has 0 heterocycles. The third-order valence-corrected chi connectivity index (χ3v) is 3.14. The molecular weight excluding hydrogens is 230 g/mol. The summed E-state index contributed by atoms with van der Waals surface area (Å²) in [5.41, 5.74) is 1.69. The number of benzene rings is 1. The molecule has 1 rings (SSSR count). The molecule has 0 aliphatic heterocycles. The second-order valence-corrected chi connectivity index (χ2v) is 4.76. The highest BCUT2D eigenvalue weighted by molar-refractivity contribution is 6.06. The first-order valence-corrected chi connectivity index (χ1v) is 5.88. The van der Waals surface area contributed by atoms with E-state index in [1.54, 1.807) is 37.9 Å². The highest BCUT2D eigenvalue weighted by Gasteiger charge is 2.24. The Morgan fingerprint density at radius 2 is 1.56 bits per heavy atom. The molecule has 1 aromatic rings. The monoisotopic (exact) mass is 249 g/mol. The van der Waals surface area contributed by atoms with Crippen LogP contribution in [0.4, 0.5) is 0 Å². The molecule has 4 heteroatoms. The Morgan fingerprint density at radius 3 is 1.94 bits per heavy atom. The predicted molar refractivity (Wildman–Crippen MR) is 70.1 cm³/mol. The molecule has 98 valence electrons. The van der Waals surface area contributed by atoms with E-state index in [9.17, 15) is 14.7 Å². The molecule has 0 aliphatic carbocycles.